The number of nitrogens with zero attached hydrogens (tertiary/aromatic N) is 2. The van der Waals surface area contributed by atoms with Crippen LogP contribution in [0.25, 0.3) is 0 Å². The van der Waals surface area contributed by atoms with Crippen molar-refractivity contribution in [2.24, 2.45) is 0 Å². The number of hydrogen-bond donors (Lipinski definition) is 1. The molecule has 88 valence electrons. The van der Waals surface area contributed by atoms with E-state index in [-0.39, 0.29) is 0 Å². The van der Waals surface area contributed by atoms with E-state index in [4.69, 9.17) is 5.73 Å². The van der Waals surface area contributed by atoms with E-state index in [1.165, 1.54) is 19.4 Å². The molecule has 0 aromatic carbocycles. The van der Waals surface area contributed by atoms with Gasteiger partial charge in [0.25, 0.3) is 0 Å². The molecule has 0 amide bonds. The summed E-state index contributed by atoms with van der Waals surface area (Å²) in [5.74, 6) is 0. The Morgan fingerprint density at radius 3 is 2.81 bits per heavy atom. The topological polar surface area (TPSA) is 42.1 Å². The van der Waals surface area contributed by atoms with Gasteiger partial charge in [0.2, 0.25) is 0 Å². The largest absolute Gasteiger partial charge is 0.397 e. The normalized spacial score (nSPS) is 20.1. The van der Waals surface area contributed by atoms with E-state index in [1.807, 2.05) is 12.1 Å². The SMILES string of the molecule is CC1(C)CCCN1CCc1ccc(N)cn1. The Morgan fingerprint density at radius 2 is 2.25 bits per heavy atom. The molecule has 1 fully saturated rings. The molecule has 3 nitrogen and oxygen atoms in total. The summed E-state index contributed by atoms with van der Waals surface area (Å²) in [6, 6.07) is 3.95. The highest BCUT2D eigenvalue weighted by molar-refractivity contribution is 5.34. The Balaban J connectivity index is 1.90. The monoisotopic (exact) mass is 219 g/mol. The minimum absolute atomic E-state index is 0.369. The van der Waals surface area contributed by atoms with Crippen LogP contribution in [-0.4, -0.2) is 28.5 Å². The molecule has 2 rings (SSSR count). The van der Waals surface area contributed by atoms with Gasteiger partial charge in [0.15, 0.2) is 0 Å². The summed E-state index contributed by atoms with van der Waals surface area (Å²) < 4.78 is 0. The average molecular weight is 219 g/mol. The van der Waals surface area contributed by atoms with Crippen molar-refractivity contribution < 1.29 is 0 Å². The third kappa shape index (κ3) is 2.53. The number of hydrogen-bond acceptors (Lipinski definition) is 3. The molecule has 0 aliphatic carbocycles. The van der Waals surface area contributed by atoms with Gasteiger partial charge in [-0.2, -0.15) is 0 Å². The number of nitrogen functional groups attached to an aromatic ring is 1. The Labute approximate surface area is 97.7 Å². The molecule has 0 unspecified atom stereocenters. The zero-order valence-electron chi connectivity index (χ0n) is 10.2. The van der Waals surface area contributed by atoms with Gasteiger partial charge >= 0.3 is 0 Å². The molecular weight excluding hydrogens is 198 g/mol. The second-order valence-corrected chi connectivity index (χ2v) is 5.24. The molecule has 1 aliphatic heterocycles. The number of likely N-dealkylation sites (tertiary alicyclic amines) is 1. The van der Waals surface area contributed by atoms with Crippen LogP contribution in [0.1, 0.15) is 32.4 Å². The van der Waals surface area contributed by atoms with Gasteiger partial charge in [-0.1, -0.05) is 0 Å². The molecule has 1 saturated heterocycles. The van der Waals surface area contributed by atoms with Crippen molar-refractivity contribution in [2.45, 2.75) is 38.6 Å². The minimum atomic E-state index is 0.369. The summed E-state index contributed by atoms with van der Waals surface area (Å²) in [4.78, 5) is 6.90. The van der Waals surface area contributed by atoms with Crippen LogP contribution in [-0.2, 0) is 6.42 Å². The molecular formula is C13H21N3. The number of rotatable bonds is 3. The summed E-state index contributed by atoms with van der Waals surface area (Å²) in [6.45, 7) is 6.98. The molecule has 0 spiro atoms. The van der Waals surface area contributed by atoms with E-state index < -0.39 is 0 Å². The lowest BCUT2D eigenvalue weighted by Gasteiger charge is -2.31. The molecule has 1 aromatic heterocycles. The highest BCUT2D eigenvalue weighted by Gasteiger charge is 2.31. The molecule has 0 radical (unpaired) electrons. The van der Waals surface area contributed by atoms with Crippen LogP contribution >= 0.6 is 0 Å². The Morgan fingerprint density at radius 1 is 1.44 bits per heavy atom. The van der Waals surface area contributed by atoms with Gasteiger partial charge in [-0.15, -0.1) is 0 Å². The Bertz CT molecular complexity index is 343. The zero-order chi connectivity index (χ0) is 11.6. The lowest BCUT2D eigenvalue weighted by Crippen LogP contribution is -2.39. The van der Waals surface area contributed by atoms with Crippen LogP contribution in [0.2, 0.25) is 0 Å². The molecule has 16 heavy (non-hydrogen) atoms. The zero-order valence-corrected chi connectivity index (χ0v) is 10.2. The van der Waals surface area contributed by atoms with Crippen molar-refractivity contribution in [3.05, 3.63) is 24.0 Å². The summed E-state index contributed by atoms with van der Waals surface area (Å²) in [5.41, 5.74) is 7.86. The number of aromatic nitrogens is 1. The first-order chi connectivity index (χ1) is 7.58. The third-order valence-electron chi connectivity index (χ3n) is 3.56. The average Bonchev–Trinajstić information content (AvgIpc) is 2.57. The van der Waals surface area contributed by atoms with Gasteiger partial charge in [-0.05, 0) is 45.4 Å². The van der Waals surface area contributed by atoms with E-state index in [9.17, 15) is 0 Å². The molecule has 1 aliphatic rings. The maximum absolute atomic E-state index is 5.62. The fraction of sp³-hybridized carbons (Fsp3) is 0.615. The molecule has 1 aromatic rings. The van der Waals surface area contributed by atoms with Gasteiger partial charge in [-0.3, -0.25) is 9.88 Å². The van der Waals surface area contributed by atoms with Crippen LogP contribution in [0.15, 0.2) is 18.3 Å². The number of anilines is 1. The van der Waals surface area contributed by atoms with Crippen LogP contribution in [0, 0.1) is 0 Å². The standard InChI is InChI=1S/C13H21N3/c1-13(2)7-3-8-16(13)9-6-12-5-4-11(14)10-15-12/h4-5,10H,3,6-9,14H2,1-2H3. The van der Waals surface area contributed by atoms with Gasteiger partial charge in [0, 0.05) is 24.2 Å². The molecule has 2 N–H and O–H groups in total. The lowest BCUT2D eigenvalue weighted by atomic mass is 10.0. The Hall–Kier alpha value is -1.09. The highest BCUT2D eigenvalue weighted by Crippen LogP contribution is 2.27. The summed E-state index contributed by atoms with van der Waals surface area (Å²) in [6.07, 6.45) is 5.39. The predicted octanol–water partition coefficient (Wildman–Crippen LogP) is 2.08. The van der Waals surface area contributed by atoms with E-state index in [0.29, 0.717) is 5.54 Å². The molecule has 0 saturated carbocycles. The fourth-order valence-electron chi connectivity index (χ4n) is 2.41. The molecule has 2 heterocycles. The summed E-state index contributed by atoms with van der Waals surface area (Å²) in [7, 11) is 0. The van der Waals surface area contributed by atoms with E-state index in [1.54, 1.807) is 6.20 Å². The van der Waals surface area contributed by atoms with Crippen LogP contribution < -0.4 is 5.73 Å². The maximum Gasteiger partial charge on any atom is 0.0501 e. The van der Waals surface area contributed by atoms with Crippen molar-refractivity contribution in [1.82, 2.24) is 9.88 Å². The quantitative estimate of drug-likeness (QED) is 0.846. The predicted molar refractivity (Wildman–Crippen MR) is 67.2 cm³/mol. The van der Waals surface area contributed by atoms with Crippen LogP contribution in [0.3, 0.4) is 0 Å². The maximum atomic E-state index is 5.62. The van der Waals surface area contributed by atoms with Gasteiger partial charge in [0.1, 0.15) is 0 Å². The second-order valence-electron chi connectivity index (χ2n) is 5.24. The number of nitrogens with two attached hydrogens (primary N) is 1. The van der Waals surface area contributed by atoms with Crippen LogP contribution in [0.4, 0.5) is 5.69 Å². The lowest BCUT2D eigenvalue weighted by molar-refractivity contribution is 0.177. The van der Waals surface area contributed by atoms with Crippen molar-refractivity contribution in [2.75, 3.05) is 18.8 Å². The first-order valence-electron chi connectivity index (χ1n) is 6.03. The smallest absolute Gasteiger partial charge is 0.0501 e. The van der Waals surface area contributed by atoms with Crippen molar-refractivity contribution in [3.63, 3.8) is 0 Å². The van der Waals surface area contributed by atoms with E-state index >= 15 is 0 Å². The first-order valence-corrected chi connectivity index (χ1v) is 6.03. The van der Waals surface area contributed by atoms with Gasteiger partial charge < -0.3 is 5.73 Å². The summed E-state index contributed by atoms with van der Waals surface area (Å²) >= 11 is 0. The summed E-state index contributed by atoms with van der Waals surface area (Å²) in [5, 5.41) is 0. The first kappa shape index (κ1) is 11.4. The van der Waals surface area contributed by atoms with Crippen molar-refractivity contribution in [3.8, 4) is 0 Å². The van der Waals surface area contributed by atoms with E-state index in [2.05, 4.69) is 23.7 Å². The van der Waals surface area contributed by atoms with Crippen molar-refractivity contribution >= 4 is 5.69 Å². The van der Waals surface area contributed by atoms with Crippen molar-refractivity contribution in [1.29, 1.82) is 0 Å². The van der Waals surface area contributed by atoms with E-state index in [0.717, 1.165) is 24.3 Å². The molecule has 0 bridgehead atoms. The van der Waals surface area contributed by atoms with Crippen LogP contribution in [0.5, 0.6) is 0 Å². The fourth-order valence-corrected chi connectivity index (χ4v) is 2.41. The highest BCUT2D eigenvalue weighted by atomic mass is 15.2. The van der Waals surface area contributed by atoms with Gasteiger partial charge in [-0.25, -0.2) is 0 Å². The number of pyridine rings is 1. The third-order valence-corrected chi connectivity index (χ3v) is 3.56. The molecule has 3 heteroatoms. The minimum Gasteiger partial charge on any atom is -0.397 e. The Kier molecular flexibility index (Phi) is 3.15. The van der Waals surface area contributed by atoms with Gasteiger partial charge in [0.05, 0.1) is 11.9 Å². The molecule has 0 atom stereocenters. The second kappa shape index (κ2) is 4.42.